The van der Waals surface area contributed by atoms with E-state index in [1.807, 2.05) is 6.92 Å². The van der Waals surface area contributed by atoms with Gasteiger partial charge in [0.1, 0.15) is 6.54 Å². The molecule has 1 aromatic rings. The first-order valence-corrected chi connectivity index (χ1v) is 4.20. The van der Waals surface area contributed by atoms with Crippen molar-refractivity contribution in [3.05, 3.63) is 11.8 Å². The fourth-order valence-electron chi connectivity index (χ4n) is 1.30. The lowest BCUT2D eigenvalue weighted by Crippen LogP contribution is -2.28. The Bertz CT molecular complexity index is 390. The minimum atomic E-state index is -0.409. The van der Waals surface area contributed by atoms with E-state index in [0.29, 0.717) is 5.82 Å². The van der Waals surface area contributed by atoms with Gasteiger partial charge in [-0.05, 0) is 6.92 Å². The van der Waals surface area contributed by atoms with Crippen molar-refractivity contribution in [2.75, 3.05) is 11.4 Å². The molecular formula is C8H10N4O2. The number of imide groups is 1. The van der Waals surface area contributed by atoms with Crippen LogP contribution in [-0.2, 0) is 11.8 Å². The zero-order chi connectivity index (χ0) is 10.3. The Morgan fingerprint density at radius 1 is 1.50 bits per heavy atom. The van der Waals surface area contributed by atoms with E-state index < -0.39 is 6.03 Å². The Balaban J connectivity index is 2.31. The van der Waals surface area contributed by atoms with E-state index in [9.17, 15) is 9.59 Å². The van der Waals surface area contributed by atoms with Gasteiger partial charge in [0.25, 0.3) is 0 Å². The Morgan fingerprint density at radius 3 is 2.64 bits per heavy atom. The van der Waals surface area contributed by atoms with Gasteiger partial charge in [-0.15, -0.1) is 0 Å². The van der Waals surface area contributed by atoms with Crippen LogP contribution >= 0.6 is 0 Å². The fourth-order valence-corrected chi connectivity index (χ4v) is 1.30. The van der Waals surface area contributed by atoms with Gasteiger partial charge in [0.05, 0.1) is 0 Å². The molecule has 0 spiro atoms. The van der Waals surface area contributed by atoms with E-state index >= 15 is 0 Å². The van der Waals surface area contributed by atoms with Crippen LogP contribution in [0.15, 0.2) is 6.07 Å². The quantitative estimate of drug-likeness (QED) is 0.629. The van der Waals surface area contributed by atoms with E-state index in [2.05, 4.69) is 10.4 Å². The number of anilines is 1. The molecule has 14 heavy (non-hydrogen) atoms. The number of nitrogens with one attached hydrogen (secondary N) is 1. The summed E-state index contributed by atoms with van der Waals surface area (Å²) in [5.41, 5.74) is 0.937. The molecule has 2 heterocycles. The van der Waals surface area contributed by atoms with Crippen molar-refractivity contribution >= 4 is 17.8 Å². The highest BCUT2D eigenvalue weighted by Crippen LogP contribution is 2.15. The van der Waals surface area contributed by atoms with Gasteiger partial charge in [-0.25, -0.2) is 4.79 Å². The summed E-state index contributed by atoms with van der Waals surface area (Å²) < 4.78 is 1.66. The van der Waals surface area contributed by atoms with Crippen LogP contribution < -0.4 is 10.2 Å². The predicted octanol–water partition coefficient (Wildman–Crippen LogP) is -0.215. The lowest BCUT2D eigenvalue weighted by molar-refractivity contribution is -0.117. The maximum Gasteiger partial charge on any atom is 0.330 e. The van der Waals surface area contributed by atoms with Crippen LogP contribution in [0, 0.1) is 6.92 Å². The molecular weight excluding hydrogens is 184 g/mol. The Hall–Kier alpha value is -1.85. The average Bonchev–Trinajstić information content (AvgIpc) is 2.57. The molecule has 0 atom stereocenters. The summed E-state index contributed by atoms with van der Waals surface area (Å²) in [5.74, 6) is 0.214. The maximum absolute atomic E-state index is 11.3. The fraction of sp³-hybridized carbons (Fsp3) is 0.375. The lowest BCUT2D eigenvalue weighted by Gasteiger charge is -2.07. The summed E-state index contributed by atoms with van der Waals surface area (Å²) in [6.07, 6.45) is 0. The third kappa shape index (κ3) is 1.24. The first-order chi connectivity index (χ1) is 6.58. The third-order valence-electron chi connectivity index (χ3n) is 2.17. The topological polar surface area (TPSA) is 67.2 Å². The van der Waals surface area contributed by atoms with E-state index in [0.717, 1.165) is 5.69 Å². The minimum Gasteiger partial charge on any atom is -0.276 e. The molecule has 1 aliphatic heterocycles. The van der Waals surface area contributed by atoms with Gasteiger partial charge in [-0.1, -0.05) is 0 Å². The first kappa shape index (κ1) is 8.74. The van der Waals surface area contributed by atoms with Crippen LogP contribution in [0.3, 0.4) is 0 Å². The molecule has 1 aromatic heterocycles. The minimum absolute atomic E-state index is 0.0509. The van der Waals surface area contributed by atoms with Crippen LogP contribution in [0.4, 0.5) is 10.6 Å². The second-order valence-electron chi connectivity index (χ2n) is 3.21. The van der Waals surface area contributed by atoms with Crippen molar-refractivity contribution in [1.82, 2.24) is 15.1 Å². The molecule has 0 saturated carbocycles. The molecule has 0 unspecified atom stereocenters. The van der Waals surface area contributed by atoms with Gasteiger partial charge >= 0.3 is 6.03 Å². The number of carbonyl (C=O) groups is 2. The summed E-state index contributed by atoms with van der Waals surface area (Å²) in [6.45, 7) is 1.93. The SMILES string of the molecule is Cc1cc(N2CC(=O)NC2=O)nn1C. The number of hydrogen-bond acceptors (Lipinski definition) is 3. The van der Waals surface area contributed by atoms with Crippen LogP contribution in [0.1, 0.15) is 5.69 Å². The van der Waals surface area contributed by atoms with Gasteiger partial charge in [0, 0.05) is 18.8 Å². The molecule has 1 aliphatic rings. The zero-order valence-electron chi connectivity index (χ0n) is 7.94. The molecule has 0 aliphatic carbocycles. The highest BCUT2D eigenvalue weighted by atomic mass is 16.2. The van der Waals surface area contributed by atoms with Crippen molar-refractivity contribution < 1.29 is 9.59 Å². The molecule has 1 N–H and O–H groups in total. The lowest BCUT2D eigenvalue weighted by atomic mass is 10.4. The number of urea groups is 1. The third-order valence-corrected chi connectivity index (χ3v) is 2.17. The summed E-state index contributed by atoms with van der Waals surface area (Å²) in [4.78, 5) is 23.5. The predicted molar refractivity (Wildman–Crippen MR) is 48.8 cm³/mol. The number of rotatable bonds is 1. The van der Waals surface area contributed by atoms with Crippen LogP contribution in [-0.4, -0.2) is 28.3 Å². The zero-order valence-corrected chi connectivity index (χ0v) is 7.94. The normalized spacial score (nSPS) is 16.3. The highest BCUT2D eigenvalue weighted by molar-refractivity contribution is 6.11. The molecule has 0 radical (unpaired) electrons. The van der Waals surface area contributed by atoms with Crippen molar-refractivity contribution in [3.8, 4) is 0 Å². The molecule has 1 fully saturated rings. The molecule has 0 bridgehead atoms. The van der Waals surface area contributed by atoms with E-state index in [4.69, 9.17) is 0 Å². The largest absolute Gasteiger partial charge is 0.330 e. The van der Waals surface area contributed by atoms with E-state index in [1.165, 1.54) is 4.90 Å². The number of hydrogen-bond donors (Lipinski definition) is 1. The van der Waals surface area contributed by atoms with Crippen molar-refractivity contribution in [3.63, 3.8) is 0 Å². The second-order valence-corrected chi connectivity index (χ2v) is 3.21. The number of aromatic nitrogens is 2. The van der Waals surface area contributed by atoms with Crippen LogP contribution in [0.25, 0.3) is 0 Å². The summed E-state index contributed by atoms with van der Waals surface area (Å²) >= 11 is 0. The van der Waals surface area contributed by atoms with Gasteiger partial charge in [-0.2, -0.15) is 5.10 Å². The molecule has 0 aromatic carbocycles. The van der Waals surface area contributed by atoms with Gasteiger partial charge < -0.3 is 0 Å². The summed E-state index contributed by atoms with van der Waals surface area (Å²) in [6, 6.07) is 1.35. The number of nitrogens with zero attached hydrogens (tertiary/aromatic N) is 3. The standard InChI is InChI=1S/C8H10N4O2/c1-5-3-6(10-11(5)2)12-4-7(13)9-8(12)14/h3H,4H2,1-2H3,(H,9,13,14). The van der Waals surface area contributed by atoms with Crippen molar-refractivity contribution in [2.24, 2.45) is 7.05 Å². The number of amides is 3. The number of carbonyl (C=O) groups excluding carboxylic acids is 2. The summed E-state index contributed by atoms with van der Waals surface area (Å²) in [7, 11) is 1.79. The molecule has 1 saturated heterocycles. The Kier molecular flexibility index (Phi) is 1.77. The molecule has 6 nitrogen and oxygen atoms in total. The first-order valence-electron chi connectivity index (χ1n) is 4.20. The monoisotopic (exact) mass is 194 g/mol. The van der Waals surface area contributed by atoms with Gasteiger partial charge in [0.2, 0.25) is 5.91 Å². The van der Waals surface area contributed by atoms with Crippen molar-refractivity contribution in [2.45, 2.75) is 6.92 Å². The Morgan fingerprint density at radius 2 is 2.21 bits per heavy atom. The second kappa shape index (κ2) is 2.83. The van der Waals surface area contributed by atoms with Gasteiger partial charge in [-0.3, -0.25) is 19.7 Å². The summed E-state index contributed by atoms with van der Waals surface area (Å²) in [5, 5.41) is 6.30. The average molecular weight is 194 g/mol. The maximum atomic E-state index is 11.3. The molecule has 6 heteroatoms. The van der Waals surface area contributed by atoms with Crippen LogP contribution in [0.2, 0.25) is 0 Å². The molecule has 2 rings (SSSR count). The molecule has 74 valence electrons. The van der Waals surface area contributed by atoms with E-state index in [1.54, 1.807) is 17.8 Å². The van der Waals surface area contributed by atoms with Crippen molar-refractivity contribution in [1.29, 1.82) is 0 Å². The van der Waals surface area contributed by atoms with Gasteiger partial charge in [0.15, 0.2) is 5.82 Å². The highest BCUT2D eigenvalue weighted by Gasteiger charge is 2.29. The van der Waals surface area contributed by atoms with Crippen LogP contribution in [0.5, 0.6) is 0 Å². The molecule has 3 amide bonds. The smallest absolute Gasteiger partial charge is 0.276 e. The number of aryl methyl sites for hydroxylation is 2. The Labute approximate surface area is 80.5 Å². The van der Waals surface area contributed by atoms with E-state index in [-0.39, 0.29) is 12.5 Å².